The van der Waals surface area contributed by atoms with E-state index in [-0.39, 0.29) is 17.5 Å². The summed E-state index contributed by atoms with van der Waals surface area (Å²) < 4.78 is 0. The lowest BCUT2D eigenvalue weighted by Gasteiger charge is -2.34. The molecule has 0 saturated carbocycles. The van der Waals surface area contributed by atoms with Gasteiger partial charge in [0.05, 0.1) is 5.56 Å². The lowest BCUT2D eigenvalue weighted by atomic mass is 9.96. The number of hydrogen-bond donors (Lipinski definition) is 2. The van der Waals surface area contributed by atoms with E-state index in [9.17, 15) is 10.2 Å². The molecule has 1 aliphatic rings. The summed E-state index contributed by atoms with van der Waals surface area (Å²) in [5, 5.41) is 20.0. The van der Waals surface area contributed by atoms with E-state index in [2.05, 4.69) is 29.2 Å². The summed E-state index contributed by atoms with van der Waals surface area (Å²) in [7, 11) is 0. The van der Waals surface area contributed by atoms with Crippen molar-refractivity contribution in [3.05, 3.63) is 59.2 Å². The van der Waals surface area contributed by atoms with Gasteiger partial charge in [0, 0.05) is 19.1 Å². The largest absolute Gasteiger partial charge is 0.507 e. The van der Waals surface area contributed by atoms with Crippen LogP contribution in [0, 0.1) is 0 Å². The quantitative estimate of drug-likeness (QED) is 0.879. The smallest absolute Gasteiger partial charge is 0.124 e. The van der Waals surface area contributed by atoms with E-state index in [1.54, 1.807) is 18.2 Å². The molecule has 104 valence electrons. The van der Waals surface area contributed by atoms with Crippen molar-refractivity contribution in [2.24, 2.45) is 0 Å². The number of nitrogens with zero attached hydrogens (tertiary/aromatic N) is 1. The summed E-state index contributed by atoms with van der Waals surface area (Å²) in [6.07, 6.45) is 1.01. The Kier molecular flexibility index (Phi) is 3.36. The molecule has 0 aliphatic carbocycles. The molecule has 20 heavy (non-hydrogen) atoms. The highest BCUT2D eigenvalue weighted by Crippen LogP contribution is 2.37. The Morgan fingerprint density at radius 3 is 2.30 bits per heavy atom. The van der Waals surface area contributed by atoms with Gasteiger partial charge in [0.15, 0.2) is 0 Å². The van der Waals surface area contributed by atoms with E-state index in [0.29, 0.717) is 5.56 Å². The summed E-state index contributed by atoms with van der Waals surface area (Å²) in [5.41, 5.74) is 3.35. The van der Waals surface area contributed by atoms with Gasteiger partial charge in [-0.25, -0.2) is 0 Å². The summed E-state index contributed by atoms with van der Waals surface area (Å²) in [4.78, 5) is 2.29. The third-order valence-electron chi connectivity index (χ3n) is 4.19. The van der Waals surface area contributed by atoms with Crippen molar-refractivity contribution in [2.75, 3.05) is 6.54 Å². The molecule has 3 nitrogen and oxygen atoms in total. The van der Waals surface area contributed by atoms with Crippen molar-refractivity contribution < 1.29 is 10.2 Å². The topological polar surface area (TPSA) is 43.7 Å². The zero-order valence-corrected chi connectivity index (χ0v) is 11.6. The van der Waals surface area contributed by atoms with Crippen molar-refractivity contribution in [3.8, 4) is 11.5 Å². The van der Waals surface area contributed by atoms with E-state index in [4.69, 9.17) is 0 Å². The minimum atomic E-state index is -0.00967. The summed E-state index contributed by atoms with van der Waals surface area (Å²) in [5.74, 6) is 0.327. The first-order chi connectivity index (χ1) is 9.66. The van der Waals surface area contributed by atoms with Gasteiger partial charge < -0.3 is 10.2 Å². The van der Waals surface area contributed by atoms with E-state index in [0.717, 1.165) is 19.5 Å². The predicted octanol–water partition coefficient (Wildman–Crippen LogP) is 3.22. The second kappa shape index (κ2) is 5.17. The van der Waals surface area contributed by atoms with Gasteiger partial charge in [-0.05, 0) is 36.6 Å². The summed E-state index contributed by atoms with van der Waals surface area (Å²) >= 11 is 0. The van der Waals surface area contributed by atoms with Crippen LogP contribution in [-0.2, 0) is 13.0 Å². The van der Waals surface area contributed by atoms with Gasteiger partial charge in [-0.2, -0.15) is 0 Å². The minimum absolute atomic E-state index is 0.00967. The number of benzene rings is 2. The average Bonchev–Trinajstić information content (AvgIpc) is 2.46. The van der Waals surface area contributed by atoms with Gasteiger partial charge in [0.1, 0.15) is 11.5 Å². The van der Waals surface area contributed by atoms with Crippen LogP contribution < -0.4 is 0 Å². The molecule has 0 bridgehead atoms. The highest BCUT2D eigenvalue weighted by atomic mass is 16.3. The highest BCUT2D eigenvalue weighted by molar-refractivity contribution is 5.45. The molecule has 3 heteroatoms. The molecule has 1 aliphatic heterocycles. The van der Waals surface area contributed by atoms with Crippen molar-refractivity contribution >= 4 is 0 Å². The Balaban J connectivity index is 1.88. The zero-order valence-electron chi connectivity index (χ0n) is 11.6. The molecule has 1 atom stereocenters. The molecular weight excluding hydrogens is 250 g/mol. The van der Waals surface area contributed by atoms with Crippen molar-refractivity contribution in [1.82, 2.24) is 4.90 Å². The number of aromatic hydroxyl groups is 2. The van der Waals surface area contributed by atoms with Gasteiger partial charge in [-0.3, -0.25) is 4.90 Å². The first-order valence-electron chi connectivity index (χ1n) is 6.98. The van der Waals surface area contributed by atoms with Crippen molar-refractivity contribution in [2.45, 2.75) is 25.9 Å². The first-order valence-corrected chi connectivity index (χ1v) is 6.98. The van der Waals surface area contributed by atoms with E-state index in [1.807, 2.05) is 6.92 Å². The molecule has 0 amide bonds. The highest BCUT2D eigenvalue weighted by Gasteiger charge is 2.25. The van der Waals surface area contributed by atoms with Crippen LogP contribution in [0.25, 0.3) is 0 Å². The van der Waals surface area contributed by atoms with Crippen LogP contribution in [0.3, 0.4) is 0 Å². The molecule has 0 spiro atoms. The predicted molar refractivity (Wildman–Crippen MR) is 78.7 cm³/mol. The Bertz CT molecular complexity index is 604. The maximum absolute atomic E-state index is 10.0. The fourth-order valence-electron chi connectivity index (χ4n) is 3.00. The van der Waals surface area contributed by atoms with Crippen LogP contribution in [0.1, 0.15) is 29.7 Å². The maximum atomic E-state index is 10.0. The first kappa shape index (κ1) is 13.0. The molecule has 0 saturated heterocycles. The van der Waals surface area contributed by atoms with Crippen LogP contribution in [-0.4, -0.2) is 21.7 Å². The molecule has 0 fully saturated rings. The number of fused-ring (bicyclic) bond motifs is 1. The van der Waals surface area contributed by atoms with E-state index in [1.165, 1.54) is 11.1 Å². The molecule has 0 aromatic heterocycles. The fourth-order valence-corrected chi connectivity index (χ4v) is 3.00. The summed E-state index contributed by atoms with van der Waals surface area (Å²) in [6.45, 7) is 3.82. The Hall–Kier alpha value is -2.00. The number of rotatable bonds is 2. The van der Waals surface area contributed by atoms with Gasteiger partial charge in [0.25, 0.3) is 0 Å². The number of phenols is 2. The number of phenolic OH excluding ortho intramolecular Hbond substituents is 2. The van der Waals surface area contributed by atoms with Crippen LogP contribution >= 0.6 is 0 Å². The second-order valence-electron chi connectivity index (χ2n) is 5.38. The van der Waals surface area contributed by atoms with E-state index < -0.39 is 0 Å². The minimum Gasteiger partial charge on any atom is -0.507 e. The molecule has 1 heterocycles. The van der Waals surface area contributed by atoms with Crippen LogP contribution in [0.5, 0.6) is 11.5 Å². The third-order valence-corrected chi connectivity index (χ3v) is 4.19. The Morgan fingerprint density at radius 1 is 0.950 bits per heavy atom. The van der Waals surface area contributed by atoms with Gasteiger partial charge in [0.2, 0.25) is 0 Å². The SMILES string of the molecule is CC(c1c(O)cccc1O)N1CCc2ccccc2C1. The van der Waals surface area contributed by atoms with Crippen molar-refractivity contribution in [3.63, 3.8) is 0 Å². The average molecular weight is 269 g/mol. The zero-order chi connectivity index (χ0) is 14.1. The third kappa shape index (κ3) is 2.25. The molecule has 3 rings (SSSR count). The number of hydrogen-bond acceptors (Lipinski definition) is 3. The maximum Gasteiger partial charge on any atom is 0.124 e. The normalized spacial score (nSPS) is 16.6. The molecule has 2 aromatic carbocycles. The van der Waals surface area contributed by atoms with Gasteiger partial charge in [-0.15, -0.1) is 0 Å². The van der Waals surface area contributed by atoms with Crippen LogP contribution in [0.2, 0.25) is 0 Å². The molecule has 2 aromatic rings. The van der Waals surface area contributed by atoms with Gasteiger partial charge in [-0.1, -0.05) is 30.3 Å². The molecule has 1 unspecified atom stereocenters. The lowest BCUT2D eigenvalue weighted by molar-refractivity contribution is 0.186. The monoisotopic (exact) mass is 269 g/mol. The van der Waals surface area contributed by atoms with Gasteiger partial charge >= 0.3 is 0 Å². The molecule has 0 radical (unpaired) electrons. The second-order valence-corrected chi connectivity index (χ2v) is 5.38. The molecular formula is C17H19NO2. The Labute approximate surface area is 119 Å². The lowest BCUT2D eigenvalue weighted by Crippen LogP contribution is -2.32. The summed E-state index contributed by atoms with van der Waals surface area (Å²) in [6, 6.07) is 13.4. The van der Waals surface area contributed by atoms with Crippen molar-refractivity contribution in [1.29, 1.82) is 0 Å². The molecule has 2 N–H and O–H groups in total. The standard InChI is InChI=1S/C17H19NO2/c1-12(17-15(19)7-4-8-16(17)20)18-10-9-13-5-2-3-6-14(13)11-18/h2-8,12,19-20H,9-11H2,1H3. The van der Waals surface area contributed by atoms with Crippen LogP contribution in [0.15, 0.2) is 42.5 Å². The van der Waals surface area contributed by atoms with E-state index >= 15 is 0 Å². The Morgan fingerprint density at radius 2 is 1.60 bits per heavy atom. The van der Waals surface area contributed by atoms with Crippen LogP contribution in [0.4, 0.5) is 0 Å². The fraction of sp³-hybridized carbons (Fsp3) is 0.294.